The summed E-state index contributed by atoms with van der Waals surface area (Å²) in [7, 11) is 0. The fraction of sp³-hybridized carbons (Fsp3) is 0.933. The van der Waals surface area contributed by atoms with Gasteiger partial charge >= 0.3 is 5.97 Å². The molecule has 0 amide bonds. The van der Waals surface area contributed by atoms with Crippen molar-refractivity contribution >= 4 is 5.97 Å². The van der Waals surface area contributed by atoms with Gasteiger partial charge < -0.3 is 4.74 Å². The predicted molar refractivity (Wildman–Crippen MR) is 73.0 cm³/mol. The minimum Gasteiger partial charge on any atom is -0.466 e. The molecule has 0 radical (unpaired) electrons. The van der Waals surface area contributed by atoms with Gasteiger partial charge in [-0.2, -0.15) is 0 Å². The molecule has 0 unspecified atom stereocenters. The first-order valence-electron chi connectivity index (χ1n) is 7.17. The van der Waals surface area contributed by atoms with Gasteiger partial charge in [0.1, 0.15) is 0 Å². The molecule has 0 aromatic rings. The van der Waals surface area contributed by atoms with Crippen LogP contribution in [0.25, 0.3) is 0 Å². The van der Waals surface area contributed by atoms with E-state index in [1.54, 1.807) is 0 Å². The van der Waals surface area contributed by atoms with Crippen LogP contribution in [0.15, 0.2) is 0 Å². The number of ether oxygens (including phenoxy) is 1. The highest BCUT2D eigenvalue weighted by molar-refractivity contribution is 5.69. The van der Waals surface area contributed by atoms with Crippen molar-refractivity contribution in [1.82, 2.24) is 0 Å². The summed E-state index contributed by atoms with van der Waals surface area (Å²) in [6, 6.07) is 0. The summed E-state index contributed by atoms with van der Waals surface area (Å²) in [5.41, 5.74) is 0.363. The molecular formula is C15H30O2. The molecule has 0 spiro atoms. The van der Waals surface area contributed by atoms with E-state index >= 15 is 0 Å². The fourth-order valence-corrected chi connectivity index (χ4v) is 1.68. The largest absolute Gasteiger partial charge is 0.466 e. The maximum absolute atomic E-state index is 11.4. The highest BCUT2D eigenvalue weighted by atomic mass is 16.5. The van der Waals surface area contributed by atoms with E-state index in [1.165, 1.54) is 25.7 Å². The van der Waals surface area contributed by atoms with Gasteiger partial charge in [-0.05, 0) is 24.7 Å². The first kappa shape index (κ1) is 16.5. The normalized spacial score (nSPS) is 11.5. The Balaban J connectivity index is 3.41. The van der Waals surface area contributed by atoms with Crippen LogP contribution < -0.4 is 0 Å². The molecule has 17 heavy (non-hydrogen) atoms. The number of rotatable bonds is 10. The van der Waals surface area contributed by atoms with E-state index in [0.717, 1.165) is 19.3 Å². The molecule has 0 saturated carbocycles. The van der Waals surface area contributed by atoms with Crippen molar-refractivity contribution in [3.8, 4) is 0 Å². The SMILES string of the molecule is CCCCCCOC(=O)CCCC(C)(C)CC. The molecule has 0 aliphatic heterocycles. The molecule has 0 aromatic carbocycles. The van der Waals surface area contributed by atoms with Crippen molar-refractivity contribution in [2.24, 2.45) is 5.41 Å². The molecule has 0 aliphatic rings. The molecule has 0 saturated heterocycles. The molecule has 2 heteroatoms. The quantitative estimate of drug-likeness (QED) is 0.409. The number of hydrogen-bond donors (Lipinski definition) is 0. The number of carbonyl (C=O) groups excluding carboxylic acids is 1. The monoisotopic (exact) mass is 242 g/mol. The highest BCUT2D eigenvalue weighted by Crippen LogP contribution is 2.26. The van der Waals surface area contributed by atoms with Crippen molar-refractivity contribution < 1.29 is 9.53 Å². The number of esters is 1. The molecule has 0 atom stereocenters. The summed E-state index contributed by atoms with van der Waals surface area (Å²) in [4.78, 5) is 11.4. The van der Waals surface area contributed by atoms with Crippen LogP contribution >= 0.6 is 0 Å². The average molecular weight is 242 g/mol. The Hall–Kier alpha value is -0.530. The van der Waals surface area contributed by atoms with Gasteiger partial charge in [-0.25, -0.2) is 0 Å². The Labute approximate surface area is 107 Å². The molecular weight excluding hydrogens is 212 g/mol. The van der Waals surface area contributed by atoms with Crippen molar-refractivity contribution in [3.05, 3.63) is 0 Å². The summed E-state index contributed by atoms with van der Waals surface area (Å²) in [6.07, 6.45) is 8.45. The lowest BCUT2D eigenvalue weighted by atomic mass is 9.85. The van der Waals surface area contributed by atoms with E-state index < -0.39 is 0 Å². The van der Waals surface area contributed by atoms with Crippen LogP contribution in [0.3, 0.4) is 0 Å². The second-order valence-electron chi connectivity index (χ2n) is 5.65. The van der Waals surface area contributed by atoms with E-state index in [1.807, 2.05) is 0 Å². The van der Waals surface area contributed by atoms with E-state index in [-0.39, 0.29) is 5.97 Å². The molecule has 0 fully saturated rings. The predicted octanol–water partition coefficient (Wildman–Crippen LogP) is 4.72. The minimum absolute atomic E-state index is 0.0200. The number of hydrogen-bond acceptors (Lipinski definition) is 2. The lowest BCUT2D eigenvalue weighted by molar-refractivity contribution is -0.144. The van der Waals surface area contributed by atoms with Gasteiger partial charge in [-0.3, -0.25) is 4.79 Å². The van der Waals surface area contributed by atoms with Gasteiger partial charge in [0.25, 0.3) is 0 Å². The molecule has 0 rings (SSSR count). The Morgan fingerprint density at radius 3 is 2.35 bits per heavy atom. The van der Waals surface area contributed by atoms with Crippen LogP contribution in [-0.4, -0.2) is 12.6 Å². The van der Waals surface area contributed by atoms with Gasteiger partial charge in [0.2, 0.25) is 0 Å². The van der Waals surface area contributed by atoms with Crippen molar-refractivity contribution in [1.29, 1.82) is 0 Å². The van der Waals surface area contributed by atoms with Crippen LogP contribution in [0.1, 0.15) is 79.1 Å². The number of carbonyl (C=O) groups is 1. The zero-order valence-corrected chi connectivity index (χ0v) is 12.2. The lowest BCUT2D eigenvalue weighted by Crippen LogP contribution is -2.11. The summed E-state index contributed by atoms with van der Waals surface area (Å²) in [6.45, 7) is 9.50. The Kier molecular flexibility index (Phi) is 9.20. The Morgan fingerprint density at radius 1 is 1.06 bits per heavy atom. The third-order valence-corrected chi connectivity index (χ3v) is 3.45. The second kappa shape index (κ2) is 9.49. The van der Waals surface area contributed by atoms with Crippen LogP contribution in [0, 0.1) is 5.41 Å². The highest BCUT2D eigenvalue weighted by Gasteiger charge is 2.15. The van der Waals surface area contributed by atoms with Crippen molar-refractivity contribution in [3.63, 3.8) is 0 Å². The topological polar surface area (TPSA) is 26.3 Å². The first-order valence-corrected chi connectivity index (χ1v) is 7.17. The molecule has 2 nitrogen and oxygen atoms in total. The maximum Gasteiger partial charge on any atom is 0.305 e. The van der Waals surface area contributed by atoms with Gasteiger partial charge in [-0.15, -0.1) is 0 Å². The molecule has 0 aromatic heterocycles. The molecule has 0 bridgehead atoms. The van der Waals surface area contributed by atoms with Crippen molar-refractivity contribution in [2.75, 3.05) is 6.61 Å². The van der Waals surface area contributed by atoms with Gasteiger partial charge in [0, 0.05) is 6.42 Å². The molecule has 0 N–H and O–H groups in total. The van der Waals surface area contributed by atoms with Gasteiger partial charge in [-0.1, -0.05) is 53.4 Å². The zero-order valence-electron chi connectivity index (χ0n) is 12.2. The van der Waals surface area contributed by atoms with Crippen LogP contribution in [0.4, 0.5) is 0 Å². The average Bonchev–Trinajstić information content (AvgIpc) is 2.28. The van der Waals surface area contributed by atoms with E-state index in [4.69, 9.17) is 4.74 Å². The molecule has 0 aliphatic carbocycles. The van der Waals surface area contributed by atoms with E-state index in [9.17, 15) is 4.79 Å². The van der Waals surface area contributed by atoms with Crippen LogP contribution in [-0.2, 0) is 9.53 Å². The fourth-order valence-electron chi connectivity index (χ4n) is 1.68. The van der Waals surface area contributed by atoms with Gasteiger partial charge in [0.15, 0.2) is 0 Å². The third kappa shape index (κ3) is 10.3. The number of unbranched alkanes of at least 4 members (excludes halogenated alkanes) is 3. The maximum atomic E-state index is 11.4. The first-order chi connectivity index (χ1) is 8.02. The molecule has 0 heterocycles. The van der Waals surface area contributed by atoms with Crippen LogP contribution in [0.5, 0.6) is 0 Å². The second-order valence-corrected chi connectivity index (χ2v) is 5.65. The van der Waals surface area contributed by atoms with Crippen molar-refractivity contribution in [2.45, 2.75) is 79.1 Å². The summed E-state index contributed by atoms with van der Waals surface area (Å²) in [5, 5.41) is 0. The smallest absolute Gasteiger partial charge is 0.305 e. The minimum atomic E-state index is -0.0200. The third-order valence-electron chi connectivity index (χ3n) is 3.45. The summed E-state index contributed by atoms with van der Waals surface area (Å²) in [5.74, 6) is -0.0200. The van der Waals surface area contributed by atoms with E-state index in [2.05, 4.69) is 27.7 Å². The van der Waals surface area contributed by atoms with Crippen LogP contribution in [0.2, 0.25) is 0 Å². The van der Waals surface area contributed by atoms with E-state index in [0.29, 0.717) is 18.4 Å². The Bertz CT molecular complexity index is 197. The lowest BCUT2D eigenvalue weighted by Gasteiger charge is -2.21. The molecule has 102 valence electrons. The summed E-state index contributed by atoms with van der Waals surface area (Å²) < 4.78 is 5.20. The summed E-state index contributed by atoms with van der Waals surface area (Å²) >= 11 is 0. The van der Waals surface area contributed by atoms with Gasteiger partial charge in [0.05, 0.1) is 6.61 Å². The standard InChI is InChI=1S/C15H30O2/c1-5-7-8-9-13-17-14(16)11-10-12-15(3,4)6-2/h5-13H2,1-4H3. The Morgan fingerprint density at radius 2 is 1.76 bits per heavy atom. The zero-order chi connectivity index (χ0) is 13.1.